The Morgan fingerprint density at radius 2 is 1.00 bits per heavy atom. The second-order valence-corrected chi connectivity index (χ2v) is 8.97. The van der Waals surface area contributed by atoms with Crippen molar-refractivity contribution in [2.24, 2.45) is 0 Å². The molecule has 0 saturated carbocycles. The van der Waals surface area contributed by atoms with Crippen LogP contribution in [0.5, 0.6) is 0 Å². The second-order valence-electron chi connectivity index (χ2n) is 3.87. The van der Waals surface area contributed by atoms with Crippen LogP contribution in [0.15, 0.2) is 68.9 Å². The minimum atomic E-state index is 0.0420. The summed E-state index contributed by atoms with van der Waals surface area (Å²) in [6, 6.07) is 21.7. The Bertz CT molecular complexity index is 417. The predicted molar refractivity (Wildman–Crippen MR) is 80.9 cm³/mol. The molecule has 0 unspecified atom stereocenters. The van der Waals surface area contributed by atoms with Gasteiger partial charge in [-0.1, -0.05) is 0 Å². The molecule has 2 aromatic carbocycles. The maximum atomic E-state index is 2.49. The average Bonchev–Trinajstić information content (AvgIpc) is 2.45. The fraction of sp³-hybridized carbons (Fsp3) is 0.125. The zero-order valence-corrected chi connectivity index (χ0v) is 14.8. The van der Waals surface area contributed by atoms with Crippen LogP contribution in [0.3, 0.4) is 0 Å². The Labute approximate surface area is 130 Å². The molecule has 0 heterocycles. The van der Waals surface area contributed by atoms with Crippen LogP contribution in [0.25, 0.3) is 0 Å². The van der Waals surface area contributed by atoms with Gasteiger partial charge in [0.1, 0.15) is 0 Å². The van der Waals surface area contributed by atoms with Crippen molar-refractivity contribution in [2.75, 3.05) is 0 Å². The van der Waals surface area contributed by atoms with Gasteiger partial charge in [-0.3, -0.25) is 0 Å². The summed E-state index contributed by atoms with van der Waals surface area (Å²) in [6.07, 6.45) is 0. The van der Waals surface area contributed by atoms with Gasteiger partial charge in [0.15, 0.2) is 0 Å². The van der Waals surface area contributed by atoms with Crippen LogP contribution in [-0.2, 0) is 8.94 Å². The van der Waals surface area contributed by atoms with E-state index < -0.39 is 0 Å². The molecule has 0 radical (unpaired) electrons. The molecule has 0 aromatic heterocycles. The van der Waals surface area contributed by atoms with E-state index in [1.807, 2.05) is 0 Å². The summed E-state index contributed by atoms with van der Waals surface area (Å²) < 4.78 is 7.56. The van der Waals surface area contributed by atoms with E-state index in [1.165, 1.54) is 20.1 Å². The Balaban J connectivity index is 1.64. The minimum absolute atomic E-state index is 0.0420. The van der Waals surface area contributed by atoms with E-state index in [0.717, 1.165) is 0 Å². The summed E-state index contributed by atoms with van der Waals surface area (Å²) in [7, 11) is 0. The van der Waals surface area contributed by atoms with Crippen molar-refractivity contribution in [2.45, 2.75) is 8.94 Å². The van der Waals surface area contributed by atoms with Gasteiger partial charge in [0, 0.05) is 0 Å². The van der Waals surface area contributed by atoms with Crippen molar-refractivity contribution in [1.29, 1.82) is 0 Å². The van der Waals surface area contributed by atoms with Crippen LogP contribution in [0.2, 0.25) is 0 Å². The van der Waals surface area contributed by atoms with Crippen molar-refractivity contribution in [3.05, 3.63) is 80.0 Å². The molecule has 0 amide bonds. The summed E-state index contributed by atoms with van der Waals surface area (Å²) in [6.45, 7) is 0. The first-order chi connectivity index (χ1) is 8.95. The van der Waals surface area contributed by atoms with E-state index in [2.05, 4.69) is 68.9 Å². The molecule has 0 spiro atoms. The predicted octanol–water partition coefficient (Wildman–Crippen LogP) is 3.27. The number of rotatable bonds is 6. The molecule has 0 atom stereocenters. The molecule has 0 aliphatic rings. The number of hydrogen-bond donors (Lipinski definition) is 0. The van der Waals surface area contributed by atoms with E-state index in [-0.39, 0.29) is 41.8 Å². The van der Waals surface area contributed by atoms with Crippen LogP contribution in [0, 0.1) is 0 Å². The molecule has 2 rings (SSSR count). The molecule has 92 valence electrons. The van der Waals surface area contributed by atoms with Crippen LogP contribution in [0.1, 0.15) is 11.1 Å². The van der Waals surface area contributed by atoms with E-state index >= 15 is 0 Å². The van der Waals surface area contributed by atoms with E-state index in [0.29, 0.717) is 0 Å². The fourth-order valence-corrected chi connectivity index (χ4v) is 7.72. The molecule has 0 aliphatic carbocycles. The zero-order chi connectivity index (χ0) is 12.5. The van der Waals surface area contributed by atoms with E-state index in [4.69, 9.17) is 0 Å². The van der Waals surface area contributed by atoms with Crippen LogP contribution >= 0.6 is 0 Å². The van der Waals surface area contributed by atoms with Crippen molar-refractivity contribution >= 4 is 41.8 Å². The van der Waals surface area contributed by atoms with Gasteiger partial charge in [-0.15, -0.1) is 0 Å². The SMILES string of the molecule is C(=C[Te]Cc1ccccc1)[Te]Cc1ccccc1. The van der Waals surface area contributed by atoms with Gasteiger partial charge >= 0.3 is 131 Å². The normalized spacial score (nSPS) is 10.9. The van der Waals surface area contributed by atoms with Crippen molar-refractivity contribution in [3.63, 3.8) is 0 Å². The molecule has 0 bridgehead atoms. The first kappa shape index (κ1) is 14.2. The van der Waals surface area contributed by atoms with Crippen molar-refractivity contribution in [1.82, 2.24) is 0 Å². The van der Waals surface area contributed by atoms with Gasteiger partial charge < -0.3 is 0 Å². The van der Waals surface area contributed by atoms with Gasteiger partial charge in [-0.25, -0.2) is 0 Å². The molecule has 0 aliphatic heterocycles. The van der Waals surface area contributed by atoms with Crippen LogP contribution < -0.4 is 0 Å². The molecular weight excluding hydrogens is 447 g/mol. The summed E-state index contributed by atoms with van der Waals surface area (Å²) in [5.41, 5.74) is 2.99. The van der Waals surface area contributed by atoms with E-state index in [1.54, 1.807) is 0 Å². The molecule has 0 saturated heterocycles. The molecular formula is C16H16Te2. The molecule has 2 aromatic rings. The third kappa shape index (κ3) is 5.60. The fourth-order valence-electron chi connectivity index (χ4n) is 1.52. The summed E-state index contributed by atoms with van der Waals surface area (Å²) in [4.78, 5) is 0. The summed E-state index contributed by atoms with van der Waals surface area (Å²) in [5.74, 6) is 0. The number of benzene rings is 2. The average molecular weight is 464 g/mol. The Kier molecular flexibility index (Phi) is 6.92. The van der Waals surface area contributed by atoms with Gasteiger partial charge in [0.2, 0.25) is 0 Å². The van der Waals surface area contributed by atoms with Gasteiger partial charge in [0.25, 0.3) is 0 Å². The molecule has 2 heteroatoms. The zero-order valence-electron chi connectivity index (χ0n) is 10.2. The van der Waals surface area contributed by atoms with Gasteiger partial charge in [-0.2, -0.15) is 0 Å². The topological polar surface area (TPSA) is 0 Å². The van der Waals surface area contributed by atoms with Gasteiger partial charge in [-0.05, 0) is 0 Å². The molecule has 18 heavy (non-hydrogen) atoms. The van der Waals surface area contributed by atoms with Gasteiger partial charge in [0.05, 0.1) is 0 Å². The Hall–Kier alpha value is -0.241. The standard InChI is InChI=1S/C16H16Te2/c1-3-7-15(8-4-1)13-17-11-12-18-14-16-9-5-2-6-10-16/h1-12H,13-14H2. The summed E-state index contributed by atoms with van der Waals surface area (Å²) >= 11 is 0.0839. The Morgan fingerprint density at radius 1 is 0.611 bits per heavy atom. The van der Waals surface area contributed by atoms with Crippen molar-refractivity contribution < 1.29 is 0 Å². The monoisotopic (exact) mass is 468 g/mol. The summed E-state index contributed by atoms with van der Waals surface area (Å²) in [5, 5.41) is 0. The maximum absolute atomic E-state index is 2.49. The Morgan fingerprint density at radius 3 is 1.39 bits per heavy atom. The molecule has 0 N–H and O–H groups in total. The molecule has 0 nitrogen and oxygen atoms in total. The third-order valence-corrected chi connectivity index (χ3v) is 8.83. The quantitative estimate of drug-likeness (QED) is 0.577. The second kappa shape index (κ2) is 8.79. The van der Waals surface area contributed by atoms with E-state index in [9.17, 15) is 0 Å². The molecule has 0 fully saturated rings. The van der Waals surface area contributed by atoms with Crippen molar-refractivity contribution in [3.8, 4) is 0 Å². The van der Waals surface area contributed by atoms with Crippen LogP contribution in [0.4, 0.5) is 0 Å². The first-order valence-corrected chi connectivity index (χ1v) is 11.9. The third-order valence-electron chi connectivity index (χ3n) is 2.43. The first-order valence-electron chi connectivity index (χ1n) is 5.91. The van der Waals surface area contributed by atoms with Crippen LogP contribution in [-0.4, -0.2) is 41.8 Å². The number of hydrogen-bond acceptors (Lipinski definition) is 0.